The molecule has 0 unspecified atom stereocenters. The van der Waals surface area contributed by atoms with E-state index in [2.05, 4.69) is 15.5 Å². The zero-order chi connectivity index (χ0) is 17.1. The minimum absolute atomic E-state index is 0.0256. The topological polar surface area (TPSA) is 88.3 Å². The van der Waals surface area contributed by atoms with E-state index in [1.807, 2.05) is 0 Å². The number of piperidine rings is 1. The van der Waals surface area contributed by atoms with Crippen LogP contribution in [0, 0.1) is 6.92 Å². The fourth-order valence-corrected chi connectivity index (χ4v) is 2.84. The first kappa shape index (κ1) is 16.2. The van der Waals surface area contributed by atoms with E-state index in [9.17, 15) is 9.59 Å². The minimum Gasteiger partial charge on any atom is -0.340 e. The van der Waals surface area contributed by atoms with Crippen molar-refractivity contribution in [3.05, 3.63) is 41.5 Å². The molecule has 0 aliphatic carbocycles. The van der Waals surface area contributed by atoms with Gasteiger partial charge in [-0.1, -0.05) is 17.3 Å². The molecule has 0 radical (unpaired) electrons. The van der Waals surface area contributed by atoms with Gasteiger partial charge in [0.25, 0.3) is 0 Å². The first-order valence-corrected chi connectivity index (χ1v) is 8.00. The summed E-state index contributed by atoms with van der Waals surface area (Å²) in [7, 11) is 0. The molecule has 1 aromatic carbocycles. The second kappa shape index (κ2) is 6.82. The predicted octanol–water partition coefficient (Wildman–Crippen LogP) is 2.99. The molecular formula is C17H20N4O3. The molecule has 7 heteroatoms. The highest BCUT2D eigenvalue weighted by Crippen LogP contribution is 2.26. The Bertz CT molecular complexity index is 748. The van der Waals surface area contributed by atoms with Crippen molar-refractivity contribution in [1.82, 2.24) is 15.0 Å². The number of carbonyl (C=O) groups is 2. The molecule has 1 saturated heterocycles. The quantitative estimate of drug-likeness (QED) is 0.875. The van der Waals surface area contributed by atoms with Crippen LogP contribution in [-0.2, 0) is 0 Å². The maximum absolute atomic E-state index is 12.4. The maximum atomic E-state index is 12.4. The first-order valence-electron chi connectivity index (χ1n) is 8.00. The van der Waals surface area contributed by atoms with Gasteiger partial charge in [-0.3, -0.25) is 4.79 Å². The largest absolute Gasteiger partial charge is 0.340 e. The van der Waals surface area contributed by atoms with Crippen LogP contribution in [0.25, 0.3) is 0 Å². The molecule has 1 aliphatic rings. The number of carbonyl (C=O) groups excluding carboxylic acids is 2. The van der Waals surface area contributed by atoms with Gasteiger partial charge in [-0.25, -0.2) is 4.79 Å². The number of likely N-dealkylation sites (tertiary alicyclic amines) is 1. The van der Waals surface area contributed by atoms with Gasteiger partial charge >= 0.3 is 6.03 Å². The summed E-state index contributed by atoms with van der Waals surface area (Å²) >= 11 is 0. The van der Waals surface area contributed by atoms with E-state index in [0.717, 1.165) is 18.7 Å². The van der Waals surface area contributed by atoms with E-state index in [0.29, 0.717) is 30.2 Å². The summed E-state index contributed by atoms with van der Waals surface area (Å²) in [4.78, 5) is 29.8. The number of Topliss-reactive ketones (excluding diaryl/α,β-unsaturated/α-hetero) is 1. The SMILES string of the molecule is CC(=O)c1cccc(NC(=O)N2CCC(c3noc(C)n3)CC2)c1. The van der Waals surface area contributed by atoms with Gasteiger partial charge in [0.05, 0.1) is 0 Å². The highest BCUT2D eigenvalue weighted by atomic mass is 16.5. The Hall–Kier alpha value is -2.70. The van der Waals surface area contributed by atoms with E-state index < -0.39 is 0 Å². The van der Waals surface area contributed by atoms with Gasteiger partial charge in [-0.2, -0.15) is 4.98 Å². The zero-order valence-corrected chi connectivity index (χ0v) is 13.8. The summed E-state index contributed by atoms with van der Waals surface area (Å²) in [6.07, 6.45) is 1.61. The molecular weight excluding hydrogens is 308 g/mol. The average Bonchev–Trinajstić information content (AvgIpc) is 3.01. The molecule has 2 aromatic rings. The lowest BCUT2D eigenvalue weighted by Crippen LogP contribution is -2.40. The normalized spacial score (nSPS) is 15.3. The van der Waals surface area contributed by atoms with Crippen molar-refractivity contribution in [2.45, 2.75) is 32.6 Å². The Morgan fingerprint density at radius 3 is 2.67 bits per heavy atom. The van der Waals surface area contributed by atoms with Gasteiger partial charge in [0.15, 0.2) is 11.6 Å². The van der Waals surface area contributed by atoms with Crippen LogP contribution in [0.4, 0.5) is 10.5 Å². The van der Waals surface area contributed by atoms with Gasteiger partial charge in [0.2, 0.25) is 5.89 Å². The molecule has 126 valence electrons. The lowest BCUT2D eigenvalue weighted by molar-refractivity contribution is 0.101. The van der Waals surface area contributed by atoms with Crippen molar-refractivity contribution in [3.63, 3.8) is 0 Å². The Labute approximate surface area is 140 Å². The van der Waals surface area contributed by atoms with Crippen molar-refractivity contribution in [1.29, 1.82) is 0 Å². The minimum atomic E-state index is -0.154. The number of aromatic nitrogens is 2. The van der Waals surface area contributed by atoms with Gasteiger partial charge in [0, 0.05) is 37.2 Å². The van der Waals surface area contributed by atoms with Crippen LogP contribution in [0.3, 0.4) is 0 Å². The van der Waals surface area contributed by atoms with Crippen molar-refractivity contribution < 1.29 is 14.1 Å². The second-order valence-electron chi connectivity index (χ2n) is 6.00. The smallest absolute Gasteiger partial charge is 0.321 e. The monoisotopic (exact) mass is 328 g/mol. The second-order valence-corrected chi connectivity index (χ2v) is 6.00. The maximum Gasteiger partial charge on any atom is 0.321 e. The molecule has 1 aliphatic heterocycles. The number of amides is 2. The Morgan fingerprint density at radius 2 is 2.04 bits per heavy atom. The number of aryl methyl sites for hydroxylation is 1. The van der Waals surface area contributed by atoms with E-state index >= 15 is 0 Å². The van der Waals surface area contributed by atoms with Gasteiger partial charge in [-0.05, 0) is 31.9 Å². The van der Waals surface area contributed by atoms with Gasteiger partial charge < -0.3 is 14.7 Å². The molecule has 1 aromatic heterocycles. The van der Waals surface area contributed by atoms with Crippen LogP contribution in [0.1, 0.15) is 47.8 Å². The Balaban J connectivity index is 1.57. The molecule has 3 rings (SSSR count). The lowest BCUT2D eigenvalue weighted by Gasteiger charge is -2.30. The number of nitrogens with zero attached hydrogens (tertiary/aromatic N) is 3. The predicted molar refractivity (Wildman–Crippen MR) is 88.0 cm³/mol. The molecule has 0 atom stereocenters. The number of nitrogens with one attached hydrogen (secondary N) is 1. The third kappa shape index (κ3) is 3.61. The van der Waals surface area contributed by atoms with E-state index in [4.69, 9.17) is 4.52 Å². The van der Waals surface area contributed by atoms with Crippen LogP contribution in [0.5, 0.6) is 0 Å². The molecule has 0 bridgehead atoms. The molecule has 24 heavy (non-hydrogen) atoms. The molecule has 1 fully saturated rings. The summed E-state index contributed by atoms with van der Waals surface area (Å²) in [5, 5.41) is 6.82. The van der Waals surface area contributed by atoms with E-state index in [1.165, 1.54) is 6.92 Å². The third-order valence-electron chi connectivity index (χ3n) is 4.21. The number of benzene rings is 1. The van der Waals surface area contributed by atoms with Crippen LogP contribution in [-0.4, -0.2) is 39.9 Å². The molecule has 0 saturated carbocycles. The first-order chi connectivity index (χ1) is 11.5. The molecule has 0 spiro atoms. The standard InChI is InChI=1S/C17H20N4O3/c1-11(22)14-4-3-5-15(10-14)19-17(23)21-8-6-13(7-9-21)16-18-12(2)24-20-16/h3-5,10,13H,6-9H2,1-2H3,(H,19,23). The molecule has 2 amide bonds. The fraction of sp³-hybridized carbons (Fsp3) is 0.412. The zero-order valence-electron chi connectivity index (χ0n) is 13.8. The average molecular weight is 328 g/mol. The Kier molecular flexibility index (Phi) is 4.59. The number of ketones is 1. The Morgan fingerprint density at radius 1 is 1.29 bits per heavy atom. The van der Waals surface area contributed by atoms with Crippen molar-refractivity contribution in [2.75, 3.05) is 18.4 Å². The number of hydrogen-bond donors (Lipinski definition) is 1. The summed E-state index contributed by atoms with van der Waals surface area (Å²) in [5.74, 6) is 1.49. The summed E-state index contributed by atoms with van der Waals surface area (Å²) in [5.41, 5.74) is 1.21. The highest BCUT2D eigenvalue weighted by molar-refractivity contribution is 5.96. The van der Waals surface area contributed by atoms with Crippen molar-refractivity contribution in [3.8, 4) is 0 Å². The van der Waals surface area contributed by atoms with Crippen LogP contribution in [0.2, 0.25) is 0 Å². The van der Waals surface area contributed by atoms with Gasteiger partial charge in [-0.15, -0.1) is 0 Å². The van der Waals surface area contributed by atoms with Gasteiger partial charge in [0.1, 0.15) is 0 Å². The molecule has 2 heterocycles. The number of anilines is 1. The number of urea groups is 1. The third-order valence-corrected chi connectivity index (χ3v) is 4.21. The fourth-order valence-electron chi connectivity index (χ4n) is 2.84. The summed E-state index contributed by atoms with van der Waals surface area (Å²) in [6, 6.07) is 6.81. The van der Waals surface area contributed by atoms with E-state index in [-0.39, 0.29) is 17.7 Å². The molecule has 1 N–H and O–H groups in total. The van der Waals surface area contributed by atoms with Crippen LogP contribution < -0.4 is 5.32 Å². The number of rotatable bonds is 3. The lowest BCUT2D eigenvalue weighted by atomic mass is 9.96. The van der Waals surface area contributed by atoms with Crippen LogP contribution >= 0.6 is 0 Å². The van der Waals surface area contributed by atoms with E-state index in [1.54, 1.807) is 36.1 Å². The van der Waals surface area contributed by atoms with Crippen LogP contribution in [0.15, 0.2) is 28.8 Å². The molecule has 7 nitrogen and oxygen atoms in total. The van der Waals surface area contributed by atoms with Crippen molar-refractivity contribution in [2.24, 2.45) is 0 Å². The highest BCUT2D eigenvalue weighted by Gasteiger charge is 2.26. The summed E-state index contributed by atoms with van der Waals surface area (Å²) in [6.45, 7) is 4.55. The number of hydrogen-bond acceptors (Lipinski definition) is 5. The summed E-state index contributed by atoms with van der Waals surface area (Å²) < 4.78 is 5.02. The van der Waals surface area contributed by atoms with Crippen molar-refractivity contribution >= 4 is 17.5 Å².